The van der Waals surface area contributed by atoms with Gasteiger partial charge in [0.1, 0.15) is 0 Å². The number of rotatable bonds is 0. The molecule has 0 atom stereocenters. The number of allylic oxidation sites excluding steroid dienone is 1. The summed E-state index contributed by atoms with van der Waals surface area (Å²) in [5, 5.41) is 0. The summed E-state index contributed by atoms with van der Waals surface area (Å²) in [4.78, 5) is 0. The monoisotopic (exact) mass is 144 g/mol. The first-order chi connectivity index (χ1) is 5.27. The van der Waals surface area contributed by atoms with Crippen molar-refractivity contribution in [2.45, 2.75) is 20.3 Å². The van der Waals surface area contributed by atoms with Crippen molar-refractivity contribution in [2.24, 2.45) is 0 Å². The summed E-state index contributed by atoms with van der Waals surface area (Å²) in [6.45, 7) is 4.37. The maximum Gasteiger partial charge on any atom is -0.00605 e. The van der Waals surface area contributed by atoms with Crippen molar-refractivity contribution in [3.8, 4) is 0 Å². The van der Waals surface area contributed by atoms with E-state index in [1.807, 2.05) is 0 Å². The molecule has 0 fully saturated rings. The molecule has 0 saturated heterocycles. The van der Waals surface area contributed by atoms with Crippen LogP contribution in [0.15, 0.2) is 23.8 Å². The molecule has 0 spiro atoms. The fraction of sp³-hybridized carbons (Fsp3) is 0.273. The van der Waals surface area contributed by atoms with Gasteiger partial charge in [-0.15, -0.1) is 0 Å². The number of benzene rings is 1. The molecule has 0 N–H and O–H groups in total. The van der Waals surface area contributed by atoms with Crippen molar-refractivity contribution in [3.63, 3.8) is 0 Å². The van der Waals surface area contributed by atoms with Crippen molar-refractivity contribution >= 4 is 6.08 Å². The fourth-order valence-corrected chi connectivity index (χ4v) is 1.70. The highest BCUT2D eigenvalue weighted by molar-refractivity contribution is 5.65. The van der Waals surface area contributed by atoms with Crippen LogP contribution in [0, 0.1) is 6.92 Å². The second-order valence-electron chi connectivity index (χ2n) is 3.32. The molecule has 0 radical (unpaired) electrons. The first-order valence-electron chi connectivity index (χ1n) is 4.03. The van der Waals surface area contributed by atoms with E-state index in [2.05, 4.69) is 38.1 Å². The summed E-state index contributed by atoms with van der Waals surface area (Å²) in [5.74, 6) is 0. The van der Waals surface area contributed by atoms with E-state index < -0.39 is 0 Å². The molecule has 0 amide bonds. The van der Waals surface area contributed by atoms with Crippen LogP contribution in [0.3, 0.4) is 0 Å². The van der Waals surface area contributed by atoms with E-state index in [4.69, 9.17) is 0 Å². The van der Waals surface area contributed by atoms with Crippen LogP contribution in [0.25, 0.3) is 6.08 Å². The molecular weight excluding hydrogens is 132 g/mol. The second kappa shape index (κ2) is 2.23. The molecule has 11 heavy (non-hydrogen) atoms. The Morgan fingerprint density at radius 3 is 2.73 bits per heavy atom. The van der Waals surface area contributed by atoms with Crippen molar-refractivity contribution < 1.29 is 0 Å². The Balaban J connectivity index is 2.61. The van der Waals surface area contributed by atoms with E-state index in [1.165, 1.54) is 22.3 Å². The topological polar surface area (TPSA) is 0 Å². The normalized spacial score (nSPS) is 14.5. The van der Waals surface area contributed by atoms with Crippen LogP contribution < -0.4 is 0 Å². The summed E-state index contributed by atoms with van der Waals surface area (Å²) < 4.78 is 0. The Morgan fingerprint density at radius 2 is 2.00 bits per heavy atom. The molecule has 0 aliphatic heterocycles. The molecule has 0 saturated carbocycles. The molecule has 1 aromatic carbocycles. The van der Waals surface area contributed by atoms with E-state index in [9.17, 15) is 0 Å². The minimum absolute atomic E-state index is 1.15. The van der Waals surface area contributed by atoms with Crippen LogP contribution in [0.4, 0.5) is 0 Å². The molecule has 0 bridgehead atoms. The van der Waals surface area contributed by atoms with Gasteiger partial charge >= 0.3 is 0 Å². The van der Waals surface area contributed by atoms with Crippen molar-refractivity contribution in [1.82, 2.24) is 0 Å². The van der Waals surface area contributed by atoms with Crippen LogP contribution in [-0.4, -0.2) is 0 Å². The van der Waals surface area contributed by atoms with Gasteiger partial charge in [0.25, 0.3) is 0 Å². The molecule has 1 aromatic rings. The van der Waals surface area contributed by atoms with Gasteiger partial charge in [0.2, 0.25) is 0 Å². The predicted octanol–water partition coefficient (Wildman–Crippen LogP) is 2.95. The van der Waals surface area contributed by atoms with E-state index >= 15 is 0 Å². The molecule has 1 aliphatic rings. The summed E-state index contributed by atoms with van der Waals surface area (Å²) in [6.07, 6.45) is 3.45. The Bertz CT molecular complexity index is 319. The van der Waals surface area contributed by atoms with E-state index in [0.717, 1.165) is 6.42 Å². The van der Waals surface area contributed by atoms with Crippen LogP contribution in [0.1, 0.15) is 23.6 Å². The van der Waals surface area contributed by atoms with Gasteiger partial charge in [0.05, 0.1) is 0 Å². The lowest BCUT2D eigenvalue weighted by Crippen LogP contribution is -1.84. The molecule has 0 aromatic heterocycles. The zero-order valence-electron chi connectivity index (χ0n) is 7.02. The van der Waals surface area contributed by atoms with Gasteiger partial charge in [-0.2, -0.15) is 0 Å². The molecule has 56 valence electrons. The third-order valence-corrected chi connectivity index (χ3v) is 2.27. The number of fused-ring (bicyclic) bond motifs is 1. The van der Waals surface area contributed by atoms with Gasteiger partial charge in [-0.05, 0) is 37.0 Å². The first-order valence-corrected chi connectivity index (χ1v) is 4.03. The lowest BCUT2D eigenvalue weighted by atomic mass is 10.1. The highest BCUT2D eigenvalue weighted by Gasteiger charge is 2.09. The summed E-state index contributed by atoms with van der Waals surface area (Å²) >= 11 is 0. The lowest BCUT2D eigenvalue weighted by molar-refractivity contribution is 1.19. The molecule has 0 heteroatoms. The Kier molecular flexibility index (Phi) is 1.35. The Morgan fingerprint density at radius 1 is 1.18 bits per heavy atom. The smallest absolute Gasteiger partial charge is 0.00605 e. The number of hydrogen-bond donors (Lipinski definition) is 0. The number of hydrogen-bond acceptors (Lipinski definition) is 0. The maximum atomic E-state index is 2.30. The summed E-state index contributed by atoms with van der Waals surface area (Å²) in [7, 11) is 0. The molecule has 2 rings (SSSR count). The zero-order chi connectivity index (χ0) is 7.84. The Hall–Kier alpha value is -1.04. The largest absolute Gasteiger partial charge is 0.0683 e. The molecule has 0 nitrogen and oxygen atoms in total. The van der Waals surface area contributed by atoms with Gasteiger partial charge < -0.3 is 0 Å². The van der Waals surface area contributed by atoms with Crippen molar-refractivity contribution in [3.05, 3.63) is 40.5 Å². The predicted molar refractivity (Wildman–Crippen MR) is 48.5 cm³/mol. The van der Waals surface area contributed by atoms with Gasteiger partial charge in [0, 0.05) is 0 Å². The lowest BCUT2D eigenvalue weighted by Gasteiger charge is -2.00. The van der Waals surface area contributed by atoms with Crippen LogP contribution in [0.2, 0.25) is 0 Å². The van der Waals surface area contributed by atoms with Gasteiger partial charge in [-0.1, -0.05) is 29.8 Å². The zero-order valence-corrected chi connectivity index (χ0v) is 7.02. The average molecular weight is 144 g/mol. The van der Waals surface area contributed by atoms with E-state index in [0.29, 0.717) is 0 Å². The van der Waals surface area contributed by atoms with Crippen LogP contribution in [-0.2, 0) is 6.42 Å². The highest BCUT2D eigenvalue weighted by atomic mass is 14.1. The SMILES string of the molecule is CC1=Cc2c(C)cccc2C1. The summed E-state index contributed by atoms with van der Waals surface area (Å²) in [6, 6.07) is 6.53. The second-order valence-corrected chi connectivity index (χ2v) is 3.32. The molecule has 0 unspecified atom stereocenters. The first kappa shape index (κ1) is 6.66. The fourth-order valence-electron chi connectivity index (χ4n) is 1.70. The number of aryl methyl sites for hydroxylation is 1. The van der Waals surface area contributed by atoms with E-state index in [-0.39, 0.29) is 0 Å². The van der Waals surface area contributed by atoms with Gasteiger partial charge in [-0.3, -0.25) is 0 Å². The van der Waals surface area contributed by atoms with Crippen LogP contribution in [0.5, 0.6) is 0 Å². The third-order valence-electron chi connectivity index (χ3n) is 2.27. The average Bonchev–Trinajstić information content (AvgIpc) is 2.31. The molecule has 1 aliphatic carbocycles. The molecular formula is C11H12. The third kappa shape index (κ3) is 0.988. The standard InChI is InChI=1S/C11H12/c1-8-6-10-5-3-4-9(2)11(10)7-8/h3-5,7H,6H2,1-2H3. The van der Waals surface area contributed by atoms with Crippen molar-refractivity contribution in [1.29, 1.82) is 0 Å². The van der Waals surface area contributed by atoms with Gasteiger partial charge in [-0.25, -0.2) is 0 Å². The van der Waals surface area contributed by atoms with E-state index in [1.54, 1.807) is 0 Å². The minimum Gasteiger partial charge on any atom is -0.0683 e. The Labute approximate surface area is 67.6 Å². The van der Waals surface area contributed by atoms with Crippen LogP contribution >= 0.6 is 0 Å². The quantitative estimate of drug-likeness (QED) is 0.525. The highest BCUT2D eigenvalue weighted by Crippen LogP contribution is 2.26. The minimum atomic E-state index is 1.15. The van der Waals surface area contributed by atoms with Gasteiger partial charge in [0.15, 0.2) is 0 Å². The molecule has 0 heterocycles. The summed E-state index contributed by atoms with van der Waals surface area (Å²) in [5.41, 5.74) is 5.82. The maximum absolute atomic E-state index is 2.30. The van der Waals surface area contributed by atoms with Crippen molar-refractivity contribution in [2.75, 3.05) is 0 Å².